The number of carbonyl (C=O) groups excluding carboxylic acids is 1. The van der Waals surface area contributed by atoms with Gasteiger partial charge in [0, 0.05) is 5.92 Å². The number of nitrogens with one attached hydrogen (secondary N) is 1. The molecule has 104 valence electrons. The van der Waals surface area contributed by atoms with E-state index in [-0.39, 0.29) is 17.7 Å². The molecule has 1 fully saturated rings. The summed E-state index contributed by atoms with van der Waals surface area (Å²) >= 11 is 0. The molecule has 1 amide bonds. The maximum atomic E-state index is 12.1. The molecule has 5 nitrogen and oxygen atoms in total. The standard InChI is InChI=1S/C14H19NO4/c1-7(2)11-6-10(8(3)19-11)13(16)15-12(14(17)18)9-4-5-9/h6-7,9,12H,4-5H2,1-3H3,(H,15,16)(H,17,18). The number of aryl methyl sites for hydroxylation is 1. The lowest BCUT2D eigenvalue weighted by atomic mass is 10.1. The summed E-state index contributed by atoms with van der Waals surface area (Å²) in [5.74, 6) is 0.188. The van der Waals surface area contributed by atoms with Crippen molar-refractivity contribution >= 4 is 11.9 Å². The van der Waals surface area contributed by atoms with E-state index in [1.807, 2.05) is 13.8 Å². The van der Waals surface area contributed by atoms with E-state index in [4.69, 9.17) is 9.52 Å². The monoisotopic (exact) mass is 265 g/mol. The number of carbonyl (C=O) groups is 2. The van der Waals surface area contributed by atoms with Gasteiger partial charge in [0.05, 0.1) is 5.56 Å². The smallest absolute Gasteiger partial charge is 0.326 e. The maximum absolute atomic E-state index is 12.1. The molecule has 2 rings (SSSR count). The molecule has 1 heterocycles. The van der Waals surface area contributed by atoms with Crippen LogP contribution in [0.4, 0.5) is 0 Å². The van der Waals surface area contributed by atoms with E-state index in [1.165, 1.54) is 0 Å². The normalized spacial score (nSPS) is 16.4. The van der Waals surface area contributed by atoms with E-state index in [0.717, 1.165) is 18.6 Å². The summed E-state index contributed by atoms with van der Waals surface area (Å²) in [6, 6.07) is 0.908. The molecule has 1 atom stereocenters. The van der Waals surface area contributed by atoms with Crippen LogP contribution in [0.25, 0.3) is 0 Å². The van der Waals surface area contributed by atoms with Gasteiger partial charge in [-0.15, -0.1) is 0 Å². The first-order valence-corrected chi connectivity index (χ1v) is 6.54. The number of amides is 1. The van der Waals surface area contributed by atoms with E-state index in [9.17, 15) is 9.59 Å². The molecule has 1 saturated carbocycles. The molecule has 1 aromatic rings. The number of furan rings is 1. The van der Waals surface area contributed by atoms with Crippen LogP contribution in [0.15, 0.2) is 10.5 Å². The zero-order chi connectivity index (χ0) is 14.2. The fourth-order valence-corrected chi connectivity index (χ4v) is 2.04. The van der Waals surface area contributed by atoms with Crippen molar-refractivity contribution in [1.82, 2.24) is 5.32 Å². The van der Waals surface area contributed by atoms with Gasteiger partial charge in [0.2, 0.25) is 0 Å². The highest BCUT2D eigenvalue weighted by molar-refractivity contribution is 5.97. The largest absolute Gasteiger partial charge is 0.480 e. The molecular weight excluding hydrogens is 246 g/mol. The van der Waals surface area contributed by atoms with Crippen LogP contribution >= 0.6 is 0 Å². The number of carboxylic acid groups (broad SMARTS) is 1. The van der Waals surface area contributed by atoms with Crippen molar-refractivity contribution in [3.63, 3.8) is 0 Å². The number of aliphatic carboxylic acids is 1. The van der Waals surface area contributed by atoms with Crippen LogP contribution in [0, 0.1) is 12.8 Å². The highest BCUT2D eigenvalue weighted by atomic mass is 16.4. The van der Waals surface area contributed by atoms with Crippen molar-refractivity contribution in [2.75, 3.05) is 0 Å². The quantitative estimate of drug-likeness (QED) is 0.856. The van der Waals surface area contributed by atoms with Gasteiger partial charge >= 0.3 is 5.97 Å². The molecule has 2 N–H and O–H groups in total. The van der Waals surface area contributed by atoms with E-state index >= 15 is 0 Å². The first-order chi connectivity index (χ1) is 8.90. The van der Waals surface area contributed by atoms with Crippen LogP contribution in [-0.2, 0) is 4.79 Å². The first-order valence-electron chi connectivity index (χ1n) is 6.54. The van der Waals surface area contributed by atoms with Crippen LogP contribution in [0.5, 0.6) is 0 Å². The van der Waals surface area contributed by atoms with Gasteiger partial charge in [-0.1, -0.05) is 13.8 Å². The Morgan fingerprint density at radius 1 is 1.42 bits per heavy atom. The van der Waals surface area contributed by atoms with E-state index < -0.39 is 12.0 Å². The van der Waals surface area contributed by atoms with Crippen molar-refractivity contribution in [1.29, 1.82) is 0 Å². The molecule has 5 heteroatoms. The van der Waals surface area contributed by atoms with Gasteiger partial charge < -0.3 is 14.8 Å². The SMILES string of the molecule is Cc1oc(C(C)C)cc1C(=O)NC(C(=O)O)C1CC1. The predicted octanol–water partition coefficient (Wildman–Crippen LogP) is 2.30. The molecule has 1 aliphatic carbocycles. The Balaban J connectivity index is 2.12. The van der Waals surface area contributed by atoms with Crippen molar-refractivity contribution in [3.8, 4) is 0 Å². The fourth-order valence-electron chi connectivity index (χ4n) is 2.04. The second kappa shape index (κ2) is 5.07. The highest BCUT2D eigenvalue weighted by Crippen LogP contribution is 2.33. The Bertz CT molecular complexity index is 500. The molecule has 0 spiro atoms. The Kier molecular flexibility index (Phi) is 3.64. The third-order valence-corrected chi connectivity index (χ3v) is 3.40. The van der Waals surface area contributed by atoms with Gasteiger partial charge in [-0.3, -0.25) is 4.79 Å². The zero-order valence-electron chi connectivity index (χ0n) is 11.4. The molecule has 1 unspecified atom stereocenters. The maximum Gasteiger partial charge on any atom is 0.326 e. The molecule has 19 heavy (non-hydrogen) atoms. The number of rotatable bonds is 5. The Morgan fingerprint density at radius 3 is 2.47 bits per heavy atom. The molecular formula is C14H19NO4. The summed E-state index contributed by atoms with van der Waals surface area (Å²) in [4.78, 5) is 23.2. The highest BCUT2D eigenvalue weighted by Gasteiger charge is 2.37. The fraction of sp³-hybridized carbons (Fsp3) is 0.571. The Labute approximate surface area is 112 Å². The molecule has 0 aliphatic heterocycles. The molecule has 1 aromatic heterocycles. The average Bonchev–Trinajstić information content (AvgIpc) is 3.07. The average molecular weight is 265 g/mol. The van der Waals surface area contributed by atoms with Gasteiger partial charge in [-0.25, -0.2) is 4.79 Å². The lowest BCUT2D eigenvalue weighted by Gasteiger charge is -2.12. The van der Waals surface area contributed by atoms with Crippen molar-refractivity contribution < 1.29 is 19.1 Å². The number of hydrogen-bond donors (Lipinski definition) is 2. The predicted molar refractivity (Wildman–Crippen MR) is 69.1 cm³/mol. The van der Waals surface area contributed by atoms with Crippen molar-refractivity contribution in [2.45, 2.75) is 45.6 Å². The molecule has 0 aromatic carbocycles. The summed E-state index contributed by atoms with van der Waals surface area (Å²) in [7, 11) is 0. The third kappa shape index (κ3) is 2.97. The first kappa shape index (κ1) is 13.6. The van der Waals surface area contributed by atoms with E-state index in [0.29, 0.717) is 11.3 Å². The summed E-state index contributed by atoms with van der Waals surface area (Å²) in [6.45, 7) is 5.67. The van der Waals surface area contributed by atoms with Crippen LogP contribution in [0.1, 0.15) is 54.5 Å². The number of carboxylic acids is 1. The van der Waals surface area contributed by atoms with Gasteiger partial charge in [0.1, 0.15) is 17.6 Å². The molecule has 1 aliphatic rings. The van der Waals surface area contributed by atoms with Gasteiger partial charge in [0.15, 0.2) is 0 Å². The zero-order valence-corrected chi connectivity index (χ0v) is 11.4. The molecule has 0 saturated heterocycles. The van der Waals surface area contributed by atoms with Crippen LogP contribution in [0.3, 0.4) is 0 Å². The van der Waals surface area contributed by atoms with Crippen molar-refractivity contribution in [3.05, 3.63) is 23.2 Å². The Hall–Kier alpha value is -1.78. The summed E-state index contributed by atoms with van der Waals surface area (Å²) in [6.07, 6.45) is 1.72. The van der Waals surface area contributed by atoms with Crippen LogP contribution in [-0.4, -0.2) is 23.0 Å². The minimum absolute atomic E-state index is 0.0678. The topological polar surface area (TPSA) is 79.5 Å². The Morgan fingerprint density at radius 2 is 2.05 bits per heavy atom. The minimum atomic E-state index is -0.971. The van der Waals surface area contributed by atoms with Crippen LogP contribution in [0.2, 0.25) is 0 Å². The van der Waals surface area contributed by atoms with Gasteiger partial charge in [0.25, 0.3) is 5.91 Å². The summed E-state index contributed by atoms with van der Waals surface area (Å²) < 4.78 is 5.51. The van der Waals surface area contributed by atoms with E-state index in [2.05, 4.69) is 5.32 Å². The third-order valence-electron chi connectivity index (χ3n) is 3.40. The lowest BCUT2D eigenvalue weighted by Crippen LogP contribution is -2.42. The van der Waals surface area contributed by atoms with Gasteiger partial charge in [-0.05, 0) is 31.7 Å². The number of hydrogen-bond acceptors (Lipinski definition) is 3. The molecule has 0 radical (unpaired) electrons. The van der Waals surface area contributed by atoms with Gasteiger partial charge in [-0.2, -0.15) is 0 Å². The minimum Gasteiger partial charge on any atom is -0.480 e. The molecule has 0 bridgehead atoms. The van der Waals surface area contributed by atoms with Crippen molar-refractivity contribution in [2.24, 2.45) is 5.92 Å². The van der Waals surface area contributed by atoms with E-state index in [1.54, 1.807) is 13.0 Å². The summed E-state index contributed by atoms with van der Waals surface area (Å²) in [5.41, 5.74) is 0.426. The second-order valence-corrected chi connectivity index (χ2v) is 5.40. The van der Waals surface area contributed by atoms with Crippen LogP contribution < -0.4 is 5.32 Å². The lowest BCUT2D eigenvalue weighted by molar-refractivity contribution is -0.139. The second-order valence-electron chi connectivity index (χ2n) is 5.40. The summed E-state index contributed by atoms with van der Waals surface area (Å²) in [5, 5.41) is 11.7.